The number of fused-ring (bicyclic) bond motifs is 1. The summed E-state index contributed by atoms with van der Waals surface area (Å²) in [5.74, 6) is -4.82. The molecule has 3 aromatic heterocycles. The summed E-state index contributed by atoms with van der Waals surface area (Å²) in [6.45, 7) is 4.47. The van der Waals surface area contributed by atoms with E-state index in [4.69, 9.17) is 19.8 Å². The molecule has 0 fully saturated rings. The Morgan fingerprint density at radius 3 is 2.05 bits per heavy atom. The van der Waals surface area contributed by atoms with Crippen molar-refractivity contribution in [2.75, 3.05) is 18.4 Å². The fourth-order valence-electron chi connectivity index (χ4n) is 3.26. The number of rotatable bonds is 4. The van der Waals surface area contributed by atoms with E-state index in [1.807, 2.05) is 34.7 Å². The van der Waals surface area contributed by atoms with Crippen LogP contribution in [0, 0.1) is 12.8 Å². The predicted molar refractivity (Wildman–Crippen MR) is 127 cm³/mol. The number of halogens is 6. The third-order valence-corrected chi connectivity index (χ3v) is 5.09. The summed E-state index contributed by atoms with van der Waals surface area (Å²) in [4.78, 5) is 45.3. The molecule has 4 rings (SSSR count). The van der Waals surface area contributed by atoms with Gasteiger partial charge in [0.25, 0.3) is 5.91 Å². The highest BCUT2D eigenvalue weighted by Gasteiger charge is 2.38. The van der Waals surface area contributed by atoms with Gasteiger partial charge in [0.2, 0.25) is 5.95 Å². The molecule has 0 aliphatic carbocycles. The molecule has 3 aromatic rings. The summed E-state index contributed by atoms with van der Waals surface area (Å²) in [5, 5.41) is 21.9. The zero-order chi connectivity index (χ0) is 30.8. The van der Waals surface area contributed by atoms with Gasteiger partial charge in [-0.1, -0.05) is 0 Å². The van der Waals surface area contributed by atoms with Crippen molar-refractivity contribution in [1.82, 2.24) is 29.6 Å². The van der Waals surface area contributed by atoms with Crippen LogP contribution < -0.4 is 5.32 Å². The van der Waals surface area contributed by atoms with Crippen molar-refractivity contribution in [3.8, 4) is 0 Å². The van der Waals surface area contributed by atoms with Crippen LogP contribution in [0.15, 0.2) is 49.1 Å². The summed E-state index contributed by atoms with van der Waals surface area (Å²) < 4.78 is 65.4. The van der Waals surface area contributed by atoms with Crippen molar-refractivity contribution >= 4 is 23.8 Å². The van der Waals surface area contributed by atoms with E-state index < -0.39 is 24.3 Å². The second-order valence-electron chi connectivity index (χ2n) is 8.33. The van der Waals surface area contributed by atoms with Crippen LogP contribution in [0.3, 0.4) is 0 Å². The van der Waals surface area contributed by atoms with Gasteiger partial charge in [-0.2, -0.15) is 31.4 Å². The number of nitrogens with zero attached hydrogens (tertiary/aromatic N) is 6. The molecule has 1 aliphatic heterocycles. The van der Waals surface area contributed by atoms with Crippen LogP contribution in [0.2, 0.25) is 0 Å². The number of hydrogen-bond acceptors (Lipinski definition) is 8. The first-order chi connectivity index (χ1) is 19.1. The van der Waals surface area contributed by atoms with Crippen molar-refractivity contribution in [3.05, 3.63) is 66.0 Å². The van der Waals surface area contributed by atoms with Crippen LogP contribution in [0.5, 0.6) is 0 Å². The van der Waals surface area contributed by atoms with Crippen molar-refractivity contribution < 1.29 is 50.9 Å². The molecule has 0 spiro atoms. The highest BCUT2D eigenvalue weighted by atomic mass is 19.4. The Morgan fingerprint density at radius 2 is 1.51 bits per heavy atom. The van der Waals surface area contributed by atoms with Crippen molar-refractivity contribution in [1.29, 1.82) is 0 Å². The van der Waals surface area contributed by atoms with Crippen molar-refractivity contribution in [3.63, 3.8) is 0 Å². The Labute approximate surface area is 227 Å². The molecule has 0 saturated carbocycles. The van der Waals surface area contributed by atoms with Gasteiger partial charge in [0, 0.05) is 50.3 Å². The Bertz CT molecular complexity index is 1290. The first kappa shape index (κ1) is 32.4. The quantitative estimate of drug-likeness (QED) is 0.385. The normalized spacial score (nSPS) is 14.7. The molecule has 1 unspecified atom stereocenters. The third-order valence-electron chi connectivity index (χ3n) is 5.09. The van der Waals surface area contributed by atoms with E-state index in [1.54, 1.807) is 30.9 Å². The minimum absolute atomic E-state index is 0.0608. The smallest absolute Gasteiger partial charge is 0.475 e. The lowest BCUT2D eigenvalue weighted by molar-refractivity contribution is -0.193. The molecule has 18 heteroatoms. The number of aryl methyl sites for hydroxylation is 1. The predicted octanol–water partition coefficient (Wildman–Crippen LogP) is 3.03. The van der Waals surface area contributed by atoms with E-state index >= 15 is 0 Å². The number of hydrogen-bond donors (Lipinski definition) is 3. The van der Waals surface area contributed by atoms with E-state index in [1.165, 1.54) is 0 Å². The minimum Gasteiger partial charge on any atom is -0.475 e. The van der Waals surface area contributed by atoms with Crippen LogP contribution in [0.25, 0.3) is 0 Å². The number of carbonyl (C=O) groups excluding carboxylic acids is 1. The largest absolute Gasteiger partial charge is 0.490 e. The number of pyridine rings is 1. The second-order valence-corrected chi connectivity index (χ2v) is 8.33. The molecule has 222 valence electrons. The molecular formula is C23H23F6N7O5. The lowest BCUT2D eigenvalue weighted by Gasteiger charge is -2.24. The van der Waals surface area contributed by atoms with Gasteiger partial charge in [-0.15, -0.1) is 0 Å². The molecule has 41 heavy (non-hydrogen) atoms. The SMILES string of the molecule is Cc1ccnc(C(=O)N2Cc3ccnn3CC(CNc3ncccn3)C2)c1.O=C(O)C(F)(F)F.O=C(O)C(F)(F)F. The first-order valence-electron chi connectivity index (χ1n) is 11.4. The average molecular weight is 591 g/mol. The number of aromatic nitrogens is 5. The molecule has 0 saturated heterocycles. The summed E-state index contributed by atoms with van der Waals surface area (Å²) in [7, 11) is 0. The maximum absolute atomic E-state index is 13.0. The first-order valence-corrected chi connectivity index (χ1v) is 11.4. The molecule has 4 heterocycles. The number of nitrogens with one attached hydrogen (secondary N) is 1. The highest BCUT2D eigenvalue weighted by molar-refractivity contribution is 5.92. The van der Waals surface area contributed by atoms with Gasteiger partial charge in [-0.3, -0.25) is 14.5 Å². The summed E-state index contributed by atoms with van der Waals surface area (Å²) >= 11 is 0. The fraction of sp³-hybridized carbons (Fsp3) is 0.348. The lowest BCUT2D eigenvalue weighted by atomic mass is 10.1. The van der Waals surface area contributed by atoms with Gasteiger partial charge >= 0.3 is 24.3 Å². The minimum atomic E-state index is -5.08. The zero-order valence-corrected chi connectivity index (χ0v) is 21.1. The summed E-state index contributed by atoms with van der Waals surface area (Å²) in [6.07, 6.45) is -3.31. The van der Waals surface area contributed by atoms with Gasteiger partial charge in [0.05, 0.1) is 12.2 Å². The Kier molecular flexibility index (Phi) is 11.1. The molecule has 0 bridgehead atoms. The van der Waals surface area contributed by atoms with Gasteiger partial charge < -0.3 is 20.4 Å². The molecule has 0 radical (unpaired) electrons. The topological polar surface area (TPSA) is 163 Å². The molecule has 0 aromatic carbocycles. The summed E-state index contributed by atoms with van der Waals surface area (Å²) in [5.41, 5.74) is 2.52. The Hall–Kier alpha value is -4.77. The number of carboxylic acid groups (broad SMARTS) is 2. The number of aliphatic carboxylic acids is 2. The van der Waals surface area contributed by atoms with E-state index in [-0.39, 0.29) is 11.8 Å². The average Bonchev–Trinajstić information content (AvgIpc) is 3.25. The fourth-order valence-corrected chi connectivity index (χ4v) is 3.26. The molecule has 12 nitrogen and oxygen atoms in total. The van der Waals surface area contributed by atoms with Crippen molar-refractivity contribution in [2.24, 2.45) is 5.92 Å². The molecule has 1 atom stereocenters. The molecular weight excluding hydrogens is 568 g/mol. The summed E-state index contributed by atoms with van der Waals surface area (Å²) in [6, 6.07) is 7.46. The van der Waals surface area contributed by atoms with Gasteiger partial charge in [0.15, 0.2) is 0 Å². The number of anilines is 1. The maximum Gasteiger partial charge on any atom is 0.490 e. The van der Waals surface area contributed by atoms with Crippen LogP contribution in [0.1, 0.15) is 21.7 Å². The van der Waals surface area contributed by atoms with Gasteiger partial charge in [-0.25, -0.2) is 19.6 Å². The van der Waals surface area contributed by atoms with Crippen LogP contribution in [0.4, 0.5) is 32.3 Å². The number of alkyl halides is 6. The zero-order valence-electron chi connectivity index (χ0n) is 21.1. The lowest BCUT2D eigenvalue weighted by Crippen LogP contribution is -2.36. The monoisotopic (exact) mass is 591 g/mol. The van der Waals surface area contributed by atoms with E-state index in [2.05, 4.69) is 25.4 Å². The number of amides is 1. The van der Waals surface area contributed by atoms with Crippen LogP contribution >= 0.6 is 0 Å². The Balaban J connectivity index is 0.000000349. The van der Waals surface area contributed by atoms with E-state index in [0.717, 1.165) is 17.8 Å². The molecule has 3 N–H and O–H groups in total. The van der Waals surface area contributed by atoms with E-state index in [0.29, 0.717) is 31.3 Å². The standard InChI is InChI=1S/C19H21N7O.2C2HF3O2/c1-14-3-7-20-17(9-14)18(27)25-11-15(10-23-19-21-5-2-6-22-19)12-26-16(13-25)4-8-24-26;2*3-2(4,5)1(6)7/h2-9,15H,10-13H2,1H3,(H,21,22,23);2*(H,6,7). The highest BCUT2D eigenvalue weighted by Crippen LogP contribution is 2.19. The van der Waals surface area contributed by atoms with Gasteiger partial charge in [-0.05, 0) is 36.8 Å². The second kappa shape index (κ2) is 14.0. The third kappa shape index (κ3) is 10.7. The van der Waals surface area contributed by atoms with E-state index in [9.17, 15) is 31.1 Å². The van der Waals surface area contributed by atoms with Crippen LogP contribution in [-0.4, -0.2) is 83.1 Å². The van der Waals surface area contributed by atoms with Crippen molar-refractivity contribution in [2.45, 2.75) is 32.4 Å². The Morgan fingerprint density at radius 1 is 0.927 bits per heavy atom. The maximum atomic E-state index is 13.0. The van der Waals surface area contributed by atoms with Gasteiger partial charge in [0.1, 0.15) is 5.69 Å². The number of carboxylic acids is 2. The van der Waals surface area contributed by atoms with Crippen LogP contribution in [-0.2, 0) is 22.7 Å². The number of carbonyl (C=O) groups is 3. The molecule has 1 amide bonds. The molecule has 1 aliphatic rings.